The number of hydrogen-bond donors (Lipinski definition) is 5. The number of ether oxygens (including phenoxy) is 3. The van der Waals surface area contributed by atoms with Crippen LogP contribution < -0.4 is 20.7 Å². The maximum absolute atomic E-state index is 13.1. The van der Waals surface area contributed by atoms with Crippen LogP contribution in [0, 0.1) is 0 Å². The predicted molar refractivity (Wildman–Crippen MR) is 176 cm³/mol. The molecule has 4 rings (SSSR count). The summed E-state index contributed by atoms with van der Waals surface area (Å²) >= 11 is 0. The van der Waals surface area contributed by atoms with Crippen molar-refractivity contribution in [1.29, 1.82) is 0 Å². The van der Waals surface area contributed by atoms with Gasteiger partial charge in [-0.2, -0.15) is 0 Å². The van der Waals surface area contributed by atoms with Crippen molar-refractivity contribution in [2.45, 2.75) is 76.2 Å². The van der Waals surface area contributed by atoms with Gasteiger partial charge in [-0.3, -0.25) is 19.7 Å². The van der Waals surface area contributed by atoms with Crippen molar-refractivity contribution in [1.82, 2.24) is 16.0 Å². The van der Waals surface area contributed by atoms with Crippen molar-refractivity contribution >= 4 is 23.8 Å². The molecule has 1 aliphatic heterocycles. The minimum Gasteiger partial charge on any atom is -0.489 e. The van der Waals surface area contributed by atoms with Gasteiger partial charge in [0.1, 0.15) is 24.6 Å². The van der Waals surface area contributed by atoms with Crippen LogP contribution in [0.4, 0.5) is 0 Å². The first kappa shape index (κ1) is 36.1. The van der Waals surface area contributed by atoms with Gasteiger partial charge in [-0.1, -0.05) is 72.8 Å². The largest absolute Gasteiger partial charge is 0.489 e. The fourth-order valence-electron chi connectivity index (χ4n) is 5.10. The molecule has 2 amide bonds. The Balaban J connectivity index is 1.29. The molecule has 1 fully saturated rings. The van der Waals surface area contributed by atoms with Crippen LogP contribution in [0.5, 0.6) is 5.75 Å². The Kier molecular flexibility index (Phi) is 13.9. The SMILES string of the molecule is CCOC(=O)[C@H](Cc1ccc(OCc2ccccc2)cc1)NC(=O)[C@H]1O[C@@H]1C(=O)N[C@H](CCCC(=O)O)C(O)NCCc1ccccc1. The van der Waals surface area contributed by atoms with E-state index in [-0.39, 0.29) is 32.3 Å². The third-order valence-corrected chi connectivity index (χ3v) is 7.73. The average Bonchev–Trinajstić information content (AvgIpc) is 3.90. The number of epoxide rings is 1. The monoisotopic (exact) mass is 661 g/mol. The van der Waals surface area contributed by atoms with Crippen LogP contribution in [0.2, 0.25) is 0 Å². The number of carboxylic acid groups (broad SMARTS) is 1. The summed E-state index contributed by atoms with van der Waals surface area (Å²) in [5.74, 6) is -2.24. The Bertz CT molecular complexity index is 1470. The van der Waals surface area contributed by atoms with Crippen LogP contribution in [-0.4, -0.2) is 77.6 Å². The maximum Gasteiger partial charge on any atom is 0.328 e. The average molecular weight is 662 g/mol. The smallest absolute Gasteiger partial charge is 0.328 e. The number of benzene rings is 3. The zero-order chi connectivity index (χ0) is 34.3. The highest BCUT2D eigenvalue weighted by Gasteiger charge is 2.51. The van der Waals surface area contributed by atoms with E-state index in [1.54, 1.807) is 31.2 Å². The van der Waals surface area contributed by atoms with Gasteiger partial charge >= 0.3 is 11.9 Å². The van der Waals surface area contributed by atoms with E-state index in [9.17, 15) is 24.3 Å². The van der Waals surface area contributed by atoms with E-state index in [2.05, 4.69) is 16.0 Å². The number of nitrogens with one attached hydrogen (secondary N) is 3. The van der Waals surface area contributed by atoms with Crippen molar-refractivity contribution < 1.29 is 43.6 Å². The Morgan fingerprint density at radius 3 is 2.08 bits per heavy atom. The first-order chi connectivity index (χ1) is 23.2. The van der Waals surface area contributed by atoms with Crippen LogP contribution in [0.3, 0.4) is 0 Å². The molecule has 0 saturated carbocycles. The number of hydrogen-bond acceptors (Lipinski definition) is 9. The van der Waals surface area contributed by atoms with Gasteiger partial charge in [0.15, 0.2) is 12.2 Å². The van der Waals surface area contributed by atoms with Crippen LogP contribution in [0.15, 0.2) is 84.9 Å². The second-order valence-corrected chi connectivity index (χ2v) is 11.4. The summed E-state index contributed by atoms with van der Waals surface area (Å²) in [5, 5.41) is 28.2. The van der Waals surface area contributed by atoms with E-state index in [1.165, 1.54) is 0 Å². The summed E-state index contributed by atoms with van der Waals surface area (Å²) in [7, 11) is 0. The Hall–Kier alpha value is -4.78. The Labute approximate surface area is 279 Å². The number of aliphatic hydroxyl groups is 1. The molecule has 0 aromatic heterocycles. The topological polar surface area (TPSA) is 176 Å². The number of aliphatic hydroxyl groups excluding tert-OH is 1. The highest BCUT2D eigenvalue weighted by atomic mass is 16.6. The fraction of sp³-hybridized carbons (Fsp3) is 0.389. The maximum atomic E-state index is 13.1. The van der Waals surface area contributed by atoms with Crippen LogP contribution >= 0.6 is 0 Å². The Morgan fingerprint density at radius 2 is 1.46 bits per heavy atom. The van der Waals surface area contributed by atoms with E-state index in [1.807, 2.05) is 60.7 Å². The number of esters is 1. The molecule has 0 aliphatic carbocycles. The van der Waals surface area contributed by atoms with Crippen LogP contribution in [-0.2, 0) is 48.1 Å². The highest BCUT2D eigenvalue weighted by molar-refractivity contribution is 5.96. The lowest BCUT2D eigenvalue weighted by molar-refractivity contribution is -0.147. The summed E-state index contributed by atoms with van der Waals surface area (Å²) in [6.45, 7) is 2.61. The molecule has 3 aromatic rings. The molecule has 1 aliphatic rings. The molecule has 3 aromatic carbocycles. The van der Waals surface area contributed by atoms with Gasteiger partial charge in [0.2, 0.25) is 0 Å². The van der Waals surface area contributed by atoms with Crippen molar-refractivity contribution in [3.8, 4) is 5.75 Å². The number of aliphatic carboxylic acids is 1. The van der Waals surface area contributed by atoms with Gasteiger partial charge in [0, 0.05) is 19.4 Å². The second kappa shape index (κ2) is 18.5. The lowest BCUT2D eigenvalue weighted by Crippen LogP contribution is -2.52. The zero-order valence-electron chi connectivity index (χ0n) is 26.9. The van der Waals surface area contributed by atoms with Crippen molar-refractivity contribution in [2.75, 3.05) is 13.2 Å². The number of carboxylic acids is 1. The summed E-state index contributed by atoms with van der Waals surface area (Å²) in [5.41, 5.74) is 2.85. The predicted octanol–water partition coefficient (Wildman–Crippen LogP) is 2.51. The molecule has 0 bridgehead atoms. The summed E-state index contributed by atoms with van der Waals surface area (Å²) in [6, 6.07) is 24.7. The van der Waals surface area contributed by atoms with Gasteiger partial charge < -0.3 is 35.1 Å². The molecule has 12 heteroatoms. The first-order valence-electron chi connectivity index (χ1n) is 16.1. The molecule has 256 valence electrons. The summed E-state index contributed by atoms with van der Waals surface area (Å²) in [4.78, 5) is 49.9. The van der Waals surface area contributed by atoms with Crippen molar-refractivity contribution in [3.63, 3.8) is 0 Å². The van der Waals surface area contributed by atoms with Gasteiger partial charge in [0.25, 0.3) is 11.8 Å². The number of carbonyl (C=O) groups is 4. The van der Waals surface area contributed by atoms with Gasteiger partial charge in [-0.15, -0.1) is 0 Å². The van der Waals surface area contributed by atoms with Crippen LogP contribution in [0.1, 0.15) is 42.9 Å². The van der Waals surface area contributed by atoms with E-state index >= 15 is 0 Å². The highest BCUT2D eigenvalue weighted by Crippen LogP contribution is 2.24. The quantitative estimate of drug-likeness (QED) is 0.0687. The molecule has 5 atom stereocenters. The molecular formula is C36H43N3O9. The summed E-state index contributed by atoms with van der Waals surface area (Å²) < 4.78 is 16.4. The third kappa shape index (κ3) is 11.8. The Morgan fingerprint density at radius 1 is 0.833 bits per heavy atom. The zero-order valence-corrected chi connectivity index (χ0v) is 26.9. The fourth-order valence-corrected chi connectivity index (χ4v) is 5.10. The van der Waals surface area contributed by atoms with Gasteiger partial charge in [0.05, 0.1) is 12.6 Å². The van der Waals surface area contributed by atoms with Gasteiger partial charge in [-0.05, 0) is 55.0 Å². The van der Waals surface area contributed by atoms with E-state index in [0.29, 0.717) is 25.3 Å². The normalized spacial score (nSPS) is 17.0. The minimum absolute atomic E-state index is 0.118. The standard InChI is InChI=1S/C36H43N3O9/c1-2-46-36(45)29(22-25-16-18-27(19-17-25)47-23-26-12-7-4-8-13-26)39-35(44)32-31(48-32)34(43)38-28(14-9-15-30(40)41)33(42)37-21-20-24-10-5-3-6-11-24/h3-8,10-13,16-19,28-29,31-33,37,42H,2,9,14-15,20-23H2,1H3,(H,38,43)(H,39,44)(H,40,41)/t28-,29+,31+,32+,33?/m1/s1. The molecule has 12 nitrogen and oxygen atoms in total. The van der Waals surface area contributed by atoms with Crippen LogP contribution in [0.25, 0.3) is 0 Å². The van der Waals surface area contributed by atoms with E-state index in [0.717, 1.165) is 16.7 Å². The number of amides is 2. The second-order valence-electron chi connectivity index (χ2n) is 11.4. The first-order valence-corrected chi connectivity index (χ1v) is 16.1. The third-order valence-electron chi connectivity index (χ3n) is 7.73. The van der Waals surface area contributed by atoms with Gasteiger partial charge in [-0.25, -0.2) is 4.79 Å². The molecule has 1 saturated heterocycles. The van der Waals surface area contributed by atoms with Crippen molar-refractivity contribution in [3.05, 3.63) is 102 Å². The molecule has 5 N–H and O–H groups in total. The molecule has 48 heavy (non-hydrogen) atoms. The molecule has 1 unspecified atom stereocenters. The minimum atomic E-state index is -1.17. The molecule has 1 heterocycles. The lowest BCUT2D eigenvalue weighted by Gasteiger charge is -2.25. The lowest BCUT2D eigenvalue weighted by atomic mass is 10.1. The van der Waals surface area contributed by atoms with Crippen molar-refractivity contribution in [2.24, 2.45) is 0 Å². The summed E-state index contributed by atoms with van der Waals surface area (Å²) in [6.07, 6.45) is -2.40. The molecular weight excluding hydrogens is 618 g/mol. The van der Waals surface area contributed by atoms with E-state index < -0.39 is 54.3 Å². The number of rotatable bonds is 20. The van der Waals surface area contributed by atoms with E-state index in [4.69, 9.17) is 19.3 Å². The molecule has 0 radical (unpaired) electrons. The number of carbonyl (C=O) groups excluding carboxylic acids is 3. The molecule has 0 spiro atoms.